The second-order valence-corrected chi connectivity index (χ2v) is 5.41. The molecule has 0 spiro atoms. The first kappa shape index (κ1) is 15.9. The van der Waals surface area contributed by atoms with E-state index in [1.54, 1.807) is 29.6 Å². The third-order valence-corrected chi connectivity index (χ3v) is 3.80. The molecular formula is C16H18N6O2. The highest BCUT2D eigenvalue weighted by molar-refractivity contribution is 5.92. The molecule has 1 N–H and O–H groups in total. The van der Waals surface area contributed by atoms with Crippen LogP contribution in [0.5, 0.6) is 0 Å². The topological polar surface area (TPSA) is 91.3 Å². The number of hydrogen-bond donors (Lipinski definition) is 1. The van der Waals surface area contributed by atoms with Crippen LogP contribution in [0.1, 0.15) is 16.1 Å². The third kappa shape index (κ3) is 3.83. The molecule has 2 aromatic heterocycles. The number of hydrogen-bond acceptors (Lipinski definition) is 6. The molecule has 2 amide bonds. The van der Waals surface area contributed by atoms with Gasteiger partial charge in [-0.1, -0.05) is 6.07 Å². The van der Waals surface area contributed by atoms with Crippen molar-refractivity contribution in [3.63, 3.8) is 0 Å². The monoisotopic (exact) mass is 326 g/mol. The van der Waals surface area contributed by atoms with Gasteiger partial charge in [0.05, 0.1) is 0 Å². The van der Waals surface area contributed by atoms with Crippen LogP contribution in [0.2, 0.25) is 0 Å². The summed E-state index contributed by atoms with van der Waals surface area (Å²) in [6.07, 6.45) is 5.82. The van der Waals surface area contributed by atoms with E-state index in [4.69, 9.17) is 0 Å². The van der Waals surface area contributed by atoms with Crippen LogP contribution in [0.15, 0.2) is 36.8 Å². The fourth-order valence-electron chi connectivity index (χ4n) is 2.43. The Morgan fingerprint density at radius 2 is 2.04 bits per heavy atom. The summed E-state index contributed by atoms with van der Waals surface area (Å²) in [5.41, 5.74) is 1.24. The van der Waals surface area contributed by atoms with Gasteiger partial charge in [-0.25, -0.2) is 9.97 Å². The van der Waals surface area contributed by atoms with Crippen LogP contribution in [0, 0.1) is 0 Å². The fourth-order valence-corrected chi connectivity index (χ4v) is 2.43. The largest absolute Gasteiger partial charge is 0.347 e. The summed E-state index contributed by atoms with van der Waals surface area (Å²) in [6.45, 7) is 2.96. The Hall–Kier alpha value is -3.03. The van der Waals surface area contributed by atoms with Crippen LogP contribution >= 0.6 is 0 Å². The lowest BCUT2D eigenvalue weighted by Gasteiger charge is -2.32. The molecule has 3 heterocycles. The maximum Gasteiger partial charge on any atom is 0.270 e. The van der Waals surface area contributed by atoms with Gasteiger partial charge in [-0.05, 0) is 17.7 Å². The van der Waals surface area contributed by atoms with E-state index < -0.39 is 0 Å². The lowest BCUT2D eigenvalue weighted by molar-refractivity contribution is -0.118. The van der Waals surface area contributed by atoms with Crippen molar-refractivity contribution in [2.75, 3.05) is 31.1 Å². The van der Waals surface area contributed by atoms with Crippen LogP contribution in [-0.2, 0) is 11.3 Å². The number of nitrogens with one attached hydrogen (secondary N) is 1. The molecule has 2 aromatic rings. The van der Waals surface area contributed by atoms with Gasteiger partial charge in [0, 0.05) is 51.3 Å². The van der Waals surface area contributed by atoms with Crippen LogP contribution in [0.3, 0.4) is 0 Å². The minimum absolute atomic E-state index is 0.256. The summed E-state index contributed by atoms with van der Waals surface area (Å²) in [4.78, 5) is 39.3. The van der Waals surface area contributed by atoms with E-state index in [2.05, 4.69) is 20.3 Å². The highest BCUT2D eigenvalue weighted by Gasteiger charge is 2.19. The van der Waals surface area contributed by atoms with Crippen molar-refractivity contribution < 1.29 is 9.59 Å². The second-order valence-electron chi connectivity index (χ2n) is 5.41. The molecule has 1 aliphatic heterocycles. The van der Waals surface area contributed by atoms with E-state index in [0.29, 0.717) is 44.4 Å². The maximum absolute atomic E-state index is 12.3. The molecule has 0 bridgehead atoms. The van der Waals surface area contributed by atoms with Gasteiger partial charge in [-0.2, -0.15) is 0 Å². The Kier molecular flexibility index (Phi) is 4.95. The van der Waals surface area contributed by atoms with Gasteiger partial charge in [-0.3, -0.25) is 14.6 Å². The maximum atomic E-state index is 12.3. The molecule has 0 aliphatic carbocycles. The van der Waals surface area contributed by atoms with E-state index in [-0.39, 0.29) is 5.91 Å². The van der Waals surface area contributed by atoms with Gasteiger partial charge in [0.1, 0.15) is 5.69 Å². The molecule has 1 saturated heterocycles. The molecule has 0 atom stereocenters. The Bertz CT molecular complexity index is 701. The summed E-state index contributed by atoms with van der Waals surface area (Å²) in [7, 11) is 0. The van der Waals surface area contributed by atoms with Crippen molar-refractivity contribution in [3.8, 4) is 0 Å². The molecule has 0 unspecified atom stereocenters. The second kappa shape index (κ2) is 7.49. The summed E-state index contributed by atoms with van der Waals surface area (Å²) in [6, 6.07) is 5.30. The third-order valence-electron chi connectivity index (χ3n) is 3.80. The fraction of sp³-hybridized carbons (Fsp3) is 0.312. The normalized spacial score (nSPS) is 14.3. The van der Waals surface area contributed by atoms with Crippen LogP contribution in [0.4, 0.5) is 5.95 Å². The highest BCUT2D eigenvalue weighted by atomic mass is 16.2. The Morgan fingerprint density at radius 1 is 1.21 bits per heavy atom. The predicted octanol–water partition coefficient (Wildman–Crippen LogP) is 0.0800. The van der Waals surface area contributed by atoms with E-state index in [9.17, 15) is 9.59 Å². The SMILES string of the molecule is O=CN1CCN(c2nccc(C(=O)NCc3cccnc3)n2)CC1. The van der Waals surface area contributed by atoms with E-state index in [0.717, 1.165) is 12.0 Å². The van der Waals surface area contributed by atoms with Crippen LogP contribution in [0.25, 0.3) is 0 Å². The van der Waals surface area contributed by atoms with Gasteiger partial charge in [-0.15, -0.1) is 0 Å². The Labute approximate surface area is 139 Å². The van der Waals surface area contributed by atoms with Crippen molar-refractivity contribution in [1.29, 1.82) is 0 Å². The molecule has 8 heteroatoms. The molecular weight excluding hydrogens is 308 g/mol. The van der Waals surface area contributed by atoms with Crippen molar-refractivity contribution in [3.05, 3.63) is 48.0 Å². The zero-order chi connectivity index (χ0) is 16.8. The molecule has 0 saturated carbocycles. The number of carbonyl (C=O) groups is 2. The number of anilines is 1. The van der Waals surface area contributed by atoms with Crippen molar-refractivity contribution in [2.45, 2.75) is 6.54 Å². The Balaban J connectivity index is 1.62. The number of nitrogens with zero attached hydrogens (tertiary/aromatic N) is 5. The average molecular weight is 326 g/mol. The lowest BCUT2D eigenvalue weighted by Crippen LogP contribution is -2.46. The highest BCUT2D eigenvalue weighted by Crippen LogP contribution is 2.10. The average Bonchev–Trinajstić information content (AvgIpc) is 2.67. The molecule has 1 fully saturated rings. The summed E-state index contributed by atoms with van der Waals surface area (Å²) in [5.74, 6) is 0.253. The molecule has 1 aliphatic rings. The van der Waals surface area contributed by atoms with Crippen LogP contribution in [-0.4, -0.2) is 58.3 Å². The van der Waals surface area contributed by atoms with E-state index in [1.807, 2.05) is 17.0 Å². The van der Waals surface area contributed by atoms with E-state index in [1.165, 1.54) is 0 Å². The quantitative estimate of drug-likeness (QED) is 0.783. The number of piperazine rings is 1. The number of amides is 2. The first-order chi connectivity index (χ1) is 11.8. The van der Waals surface area contributed by atoms with Crippen molar-refractivity contribution in [1.82, 2.24) is 25.2 Å². The van der Waals surface area contributed by atoms with Crippen molar-refractivity contribution >= 4 is 18.3 Å². The van der Waals surface area contributed by atoms with Crippen LogP contribution < -0.4 is 10.2 Å². The van der Waals surface area contributed by atoms with Crippen molar-refractivity contribution in [2.24, 2.45) is 0 Å². The molecule has 0 aromatic carbocycles. The molecule has 0 radical (unpaired) electrons. The minimum atomic E-state index is -0.256. The summed E-state index contributed by atoms with van der Waals surface area (Å²) >= 11 is 0. The summed E-state index contributed by atoms with van der Waals surface area (Å²) in [5, 5.41) is 2.82. The van der Waals surface area contributed by atoms with Gasteiger partial charge in [0.15, 0.2) is 0 Å². The number of pyridine rings is 1. The standard InChI is InChI=1S/C16H18N6O2/c23-12-21-6-8-22(9-7-21)16-18-5-3-14(20-16)15(24)19-11-13-2-1-4-17-10-13/h1-5,10,12H,6-9,11H2,(H,19,24). The van der Waals surface area contributed by atoms with Gasteiger partial charge < -0.3 is 15.1 Å². The number of rotatable bonds is 5. The van der Waals surface area contributed by atoms with Gasteiger partial charge in [0.2, 0.25) is 12.4 Å². The van der Waals surface area contributed by atoms with Gasteiger partial charge >= 0.3 is 0 Å². The molecule has 24 heavy (non-hydrogen) atoms. The zero-order valence-corrected chi connectivity index (χ0v) is 13.1. The molecule has 3 rings (SSSR count). The summed E-state index contributed by atoms with van der Waals surface area (Å²) < 4.78 is 0. The lowest BCUT2D eigenvalue weighted by atomic mass is 10.3. The van der Waals surface area contributed by atoms with Gasteiger partial charge in [0.25, 0.3) is 5.91 Å². The smallest absolute Gasteiger partial charge is 0.270 e. The zero-order valence-electron chi connectivity index (χ0n) is 13.1. The van der Waals surface area contributed by atoms with E-state index >= 15 is 0 Å². The number of carbonyl (C=O) groups excluding carboxylic acids is 2. The first-order valence-electron chi connectivity index (χ1n) is 7.71. The minimum Gasteiger partial charge on any atom is -0.347 e. The first-order valence-corrected chi connectivity index (χ1v) is 7.71. The predicted molar refractivity (Wildman–Crippen MR) is 87.3 cm³/mol. The number of aromatic nitrogens is 3. The Morgan fingerprint density at radius 3 is 2.75 bits per heavy atom. The molecule has 124 valence electrons. The molecule has 8 nitrogen and oxygen atoms in total.